The third kappa shape index (κ3) is 4.15. The number of rotatable bonds is 4. The SMILES string of the molecule is c1ccc(-c2ccc(CNC3CCCCCC3)cn2)cc1. The molecule has 110 valence electrons. The second kappa shape index (κ2) is 7.37. The number of hydrogen-bond acceptors (Lipinski definition) is 2. The molecule has 0 radical (unpaired) electrons. The lowest BCUT2D eigenvalue weighted by Gasteiger charge is -2.16. The van der Waals surface area contributed by atoms with E-state index in [2.05, 4.69) is 46.7 Å². The number of pyridine rings is 1. The van der Waals surface area contributed by atoms with Gasteiger partial charge in [0.1, 0.15) is 0 Å². The number of hydrogen-bond donors (Lipinski definition) is 1. The molecule has 0 spiro atoms. The van der Waals surface area contributed by atoms with E-state index in [9.17, 15) is 0 Å². The first-order valence-electron chi connectivity index (χ1n) is 8.15. The topological polar surface area (TPSA) is 24.9 Å². The molecule has 1 heterocycles. The predicted molar refractivity (Wildman–Crippen MR) is 88.0 cm³/mol. The molecule has 0 amide bonds. The lowest BCUT2D eigenvalue weighted by molar-refractivity contribution is 0.459. The molecule has 0 aliphatic heterocycles. The van der Waals surface area contributed by atoms with E-state index in [-0.39, 0.29) is 0 Å². The summed E-state index contributed by atoms with van der Waals surface area (Å²) in [5, 5.41) is 3.70. The highest BCUT2D eigenvalue weighted by Crippen LogP contribution is 2.18. The first-order chi connectivity index (χ1) is 10.4. The summed E-state index contributed by atoms with van der Waals surface area (Å²) < 4.78 is 0. The second-order valence-corrected chi connectivity index (χ2v) is 5.99. The van der Waals surface area contributed by atoms with Crippen molar-refractivity contribution in [2.24, 2.45) is 0 Å². The summed E-state index contributed by atoms with van der Waals surface area (Å²) in [5.74, 6) is 0. The van der Waals surface area contributed by atoms with E-state index >= 15 is 0 Å². The molecule has 1 saturated carbocycles. The Bertz CT molecular complexity index is 525. The van der Waals surface area contributed by atoms with Crippen molar-refractivity contribution in [3.63, 3.8) is 0 Å². The summed E-state index contributed by atoms with van der Waals surface area (Å²) >= 11 is 0. The number of nitrogens with one attached hydrogen (secondary N) is 1. The first-order valence-corrected chi connectivity index (χ1v) is 8.15. The lowest BCUT2D eigenvalue weighted by Crippen LogP contribution is -2.27. The minimum atomic E-state index is 0.696. The molecule has 1 aliphatic rings. The molecule has 1 aromatic carbocycles. The zero-order valence-corrected chi connectivity index (χ0v) is 12.6. The standard InChI is InChI=1S/C19H24N2/c1-2-7-11-18(10-6-1)20-14-16-12-13-19(21-15-16)17-8-4-3-5-9-17/h3-5,8-9,12-13,15,18,20H,1-2,6-7,10-11,14H2. The molecule has 1 aromatic heterocycles. The largest absolute Gasteiger partial charge is 0.310 e. The molecule has 1 N–H and O–H groups in total. The normalized spacial score (nSPS) is 16.6. The zero-order valence-electron chi connectivity index (χ0n) is 12.6. The molecule has 0 unspecified atom stereocenters. The van der Waals surface area contributed by atoms with Gasteiger partial charge >= 0.3 is 0 Å². The van der Waals surface area contributed by atoms with Gasteiger partial charge in [-0.3, -0.25) is 4.98 Å². The van der Waals surface area contributed by atoms with E-state index < -0.39 is 0 Å². The molecule has 1 fully saturated rings. The minimum Gasteiger partial charge on any atom is -0.310 e. The average molecular weight is 280 g/mol. The lowest BCUT2D eigenvalue weighted by atomic mass is 10.1. The molecule has 2 heteroatoms. The van der Waals surface area contributed by atoms with Gasteiger partial charge in [0, 0.05) is 24.3 Å². The van der Waals surface area contributed by atoms with E-state index in [0.717, 1.165) is 12.2 Å². The van der Waals surface area contributed by atoms with Crippen molar-refractivity contribution >= 4 is 0 Å². The van der Waals surface area contributed by atoms with Gasteiger partial charge in [-0.15, -0.1) is 0 Å². The monoisotopic (exact) mass is 280 g/mol. The zero-order chi connectivity index (χ0) is 14.3. The predicted octanol–water partition coefficient (Wildman–Crippen LogP) is 4.56. The highest BCUT2D eigenvalue weighted by molar-refractivity contribution is 5.58. The van der Waals surface area contributed by atoms with Crippen LogP contribution in [-0.2, 0) is 6.54 Å². The number of nitrogens with zero attached hydrogens (tertiary/aromatic N) is 1. The van der Waals surface area contributed by atoms with Gasteiger partial charge in [0.2, 0.25) is 0 Å². The van der Waals surface area contributed by atoms with Crippen molar-refractivity contribution in [3.05, 3.63) is 54.2 Å². The molecule has 21 heavy (non-hydrogen) atoms. The molecular weight excluding hydrogens is 256 g/mol. The smallest absolute Gasteiger partial charge is 0.0702 e. The summed E-state index contributed by atoms with van der Waals surface area (Å²) in [7, 11) is 0. The summed E-state index contributed by atoms with van der Waals surface area (Å²) in [6, 6.07) is 15.4. The summed E-state index contributed by atoms with van der Waals surface area (Å²) in [4.78, 5) is 4.59. The van der Waals surface area contributed by atoms with Crippen LogP contribution in [0.4, 0.5) is 0 Å². The summed E-state index contributed by atoms with van der Waals surface area (Å²) in [5.41, 5.74) is 3.51. The summed E-state index contributed by atoms with van der Waals surface area (Å²) in [6.45, 7) is 0.937. The first kappa shape index (κ1) is 14.3. The van der Waals surface area contributed by atoms with Crippen molar-refractivity contribution in [2.45, 2.75) is 51.1 Å². The molecule has 0 bridgehead atoms. The Labute approximate surface area is 127 Å². The van der Waals surface area contributed by atoms with E-state index in [1.165, 1.54) is 49.7 Å². The van der Waals surface area contributed by atoms with Crippen LogP contribution in [0.1, 0.15) is 44.1 Å². The van der Waals surface area contributed by atoms with E-state index in [1.54, 1.807) is 0 Å². The highest BCUT2D eigenvalue weighted by atomic mass is 14.9. The molecule has 3 rings (SSSR count). The summed E-state index contributed by atoms with van der Waals surface area (Å²) in [6.07, 6.45) is 10.2. The van der Waals surface area contributed by atoms with Crippen molar-refractivity contribution in [1.82, 2.24) is 10.3 Å². The van der Waals surface area contributed by atoms with Crippen LogP contribution < -0.4 is 5.32 Å². The van der Waals surface area contributed by atoms with Crippen LogP contribution in [0.15, 0.2) is 48.7 Å². The van der Waals surface area contributed by atoms with Gasteiger partial charge in [-0.1, -0.05) is 62.1 Å². The molecular formula is C19H24N2. The highest BCUT2D eigenvalue weighted by Gasteiger charge is 2.11. The Hall–Kier alpha value is -1.67. The number of benzene rings is 1. The van der Waals surface area contributed by atoms with Crippen LogP contribution in [0.5, 0.6) is 0 Å². The van der Waals surface area contributed by atoms with E-state index in [0.29, 0.717) is 6.04 Å². The minimum absolute atomic E-state index is 0.696. The van der Waals surface area contributed by atoms with Crippen LogP contribution in [0.2, 0.25) is 0 Å². The Morgan fingerprint density at radius 2 is 1.67 bits per heavy atom. The molecule has 2 nitrogen and oxygen atoms in total. The maximum atomic E-state index is 4.59. The Morgan fingerprint density at radius 3 is 2.33 bits per heavy atom. The van der Waals surface area contributed by atoms with Crippen molar-refractivity contribution < 1.29 is 0 Å². The molecule has 0 atom stereocenters. The van der Waals surface area contributed by atoms with Crippen LogP contribution in [0.25, 0.3) is 11.3 Å². The van der Waals surface area contributed by atoms with Gasteiger partial charge in [-0.2, -0.15) is 0 Å². The molecule has 1 aliphatic carbocycles. The fourth-order valence-corrected chi connectivity index (χ4v) is 3.05. The van der Waals surface area contributed by atoms with Gasteiger partial charge in [0.15, 0.2) is 0 Å². The second-order valence-electron chi connectivity index (χ2n) is 5.99. The Kier molecular flexibility index (Phi) is 5.01. The quantitative estimate of drug-likeness (QED) is 0.830. The van der Waals surface area contributed by atoms with Gasteiger partial charge in [-0.05, 0) is 24.5 Å². The van der Waals surface area contributed by atoms with Crippen LogP contribution in [-0.4, -0.2) is 11.0 Å². The molecule has 0 saturated heterocycles. The van der Waals surface area contributed by atoms with E-state index in [4.69, 9.17) is 0 Å². The van der Waals surface area contributed by atoms with Gasteiger partial charge in [-0.25, -0.2) is 0 Å². The third-order valence-electron chi connectivity index (χ3n) is 4.34. The Balaban J connectivity index is 1.57. The van der Waals surface area contributed by atoms with Crippen molar-refractivity contribution in [3.8, 4) is 11.3 Å². The van der Waals surface area contributed by atoms with Crippen molar-refractivity contribution in [2.75, 3.05) is 0 Å². The van der Waals surface area contributed by atoms with Crippen molar-refractivity contribution in [1.29, 1.82) is 0 Å². The van der Waals surface area contributed by atoms with Gasteiger partial charge in [0.25, 0.3) is 0 Å². The Morgan fingerprint density at radius 1 is 0.905 bits per heavy atom. The fourth-order valence-electron chi connectivity index (χ4n) is 3.05. The number of aromatic nitrogens is 1. The molecule has 2 aromatic rings. The average Bonchev–Trinajstić information content (AvgIpc) is 2.83. The van der Waals surface area contributed by atoms with Gasteiger partial charge < -0.3 is 5.32 Å². The van der Waals surface area contributed by atoms with E-state index in [1.807, 2.05) is 12.3 Å². The van der Waals surface area contributed by atoms with Crippen LogP contribution in [0.3, 0.4) is 0 Å². The third-order valence-corrected chi connectivity index (χ3v) is 4.34. The van der Waals surface area contributed by atoms with Gasteiger partial charge in [0.05, 0.1) is 5.69 Å². The maximum absolute atomic E-state index is 4.59. The van der Waals surface area contributed by atoms with Crippen LogP contribution >= 0.6 is 0 Å². The van der Waals surface area contributed by atoms with Crippen LogP contribution in [0, 0.1) is 0 Å². The fraction of sp³-hybridized carbons (Fsp3) is 0.421. The maximum Gasteiger partial charge on any atom is 0.0702 e.